The van der Waals surface area contributed by atoms with E-state index in [1.165, 1.54) is 0 Å². The molecule has 0 amide bonds. The van der Waals surface area contributed by atoms with Gasteiger partial charge in [-0.25, -0.2) is 4.79 Å². The molecule has 100 valence electrons. The predicted octanol–water partition coefficient (Wildman–Crippen LogP) is 1.62. The van der Waals surface area contributed by atoms with Gasteiger partial charge in [0.05, 0.1) is 18.8 Å². The molecular weight excluding hydrogens is 258 g/mol. The Morgan fingerprint density at radius 2 is 2.11 bits per heavy atom. The van der Waals surface area contributed by atoms with E-state index in [4.69, 9.17) is 14.6 Å². The summed E-state index contributed by atoms with van der Waals surface area (Å²) in [7, 11) is 1.64. The summed E-state index contributed by atoms with van der Waals surface area (Å²) in [5, 5.41) is 8.83. The average Bonchev–Trinajstić information content (AvgIpc) is 2.39. The van der Waals surface area contributed by atoms with Crippen molar-refractivity contribution in [2.24, 2.45) is 0 Å². The molecule has 1 aliphatic rings. The Morgan fingerprint density at radius 1 is 1.44 bits per heavy atom. The highest BCUT2D eigenvalue weighted by Gasteiger charge is 2.22. The maximum absolute atomic E-state index is 10.8. The number of morpholine rings is 1. The predicted molar refractivity (Wildman–Crippen MR) is 69.6 cm³/mol. The van der Waals surface area contributed by atoms with E-state index in [0.29, 0.717) is 13.2 Å². The summed E-state index contributed by atoms with van der Waals surface area (Å²) in [6, 6.07) is 6.78. The summed E-state index contributed by atoms with van der Waals surface area (Å²) in [5.41, 5.74) is 1.24. The molecule has 5 nitrogen and oxygen atoms in total. The van der Waals surface area contributed by atoms with Crippen molar-refractivity contribution >= 4 is 24.1 Å². The first-order valence-electron chi connectivity index (χ1n) is 5.43. The number of carbonyl (C=O) groups is 1. The van der Waals surface area contributed by atoms with Gasteiger partial charge in [0, 0.05) is 19.3 Å². The first-order valence-corrected chi connectivity index (χ1v) is 5.43. The van der Waals surface area contributed by atoms with Crippen LogP contribution in [0.5, 0.6) is 0 Å². The highest BCUT2D eigenvalue weighted by molar-refractivity contribution is 5.88. The van der Waals surface area contributed by atoms with E-state index in [9.17, 15) is 4.79 Å². The number of carboxylic acids is 1. The zero-order valence-corrected chi connectivity index (χ0v) is 10.9. The van der Waals surface area contributed by atoms with Gasteiger partial charge in [-0.1, -0.05) is 0 Å². The van der Waals surface area contributed by atoms with Crippen LogP contribution in [-0.4, -0.2) is 44.2 Å². The molecule has 1 heterocycles. The van der Waals surface area contributed by atoms with Crippen LogP contribution in [0.2, 0.25) is 0 Å². The highest BCUT2D eigenvalue weighted by atomic mass is 35.5. The molecule has 18 heavy (non-hydrogen) atoms. The molecule has 0 bridgehead atoms. The monoisotopic (exact) mass is 273 g/mol. The van der Waals surface area contributed by atoms with Gasteiger partial charge in [-0.05, 0) is 24.3 Å². The first kappa shape index (κ1) is 14.8. The summed E-state index contributed by atoms with van der Waals surface area (Å²) in [4.78, 5) is 12.8. The number of rotatable bonds is 3. The van der Waals surface area contributed by atoms with Gasteiger partial charge in [0.25, 0.3) is 0 Å². The van der Waals surface area contributed by atoms with E-state index < -0.39 is 5.97 Å². The first-order chi connectivity index (χ1) is 8.22. The third kappa shape index (κ3) is 3.13. The Labute approximate surface area is 112 Å². The van der Waals surface area contributed by atoms with E-state index >= 15 is 0 Å². The fourth-order valence-corrected chi connectivity index (χ4v) is 1.87. The van der Waals surface area contributed by atoms with Gasteiger partial charge in [-0.3, -0.25) is 0 Å². The van der Waals surface area contributed by atoms with Gasteiger partial charge >= 0.3 is 5.97 Å². The molecule has 0 aliphatic carbocycles. The van der Waals surface area contributed by atoms with Crippen LogP contribution in [0.1, 0.15) is 10.4 Å². The van der Waals surface area contributed by atoms with Crippen LogP contribution in [0.25, 0.3) is 0 Å². The Kier molecular flexibility index (Phi) is 5.40. The Bertz CT molecular complexity index is 396. The van der Waals surface area contributed by atoms with Crippen molar-refractivity contribution in [1.82, 2.24) is 0 Å². The van der Waals surface area contributed by atoms with Crippen molar-refractivity contribution < 1.29 is 19.4 Å². The number of hydrogen-bond acceptors (Lipinski definition) is 4. The third-order valence-electron chi connectivity index (χ3n) is 2.80. The van der Waals surface area contributed by atoms with Crippen LogP contribution < -0.4 is 4.90 Å². The van der Waals surface area contributed by atoms with E-state index in [1.54, 1.807) is 31.4 Å². The molecule has 2 rings (SSSR count). The van der Waals surface area contributed by atoms with Crippen molar-refractivity contribution in [1.29, 1.82) is 0 Å². The zero-order chi connectivity index (χ0) is 12.3. The molecule has 1 aliphatic heterocycles. The maximum Gasteiger partial charge on any atom is 0.335 e. The molecule has 1 aromatic carbocycles. The standard InChI is InChI=1S/C12H15NO4.ClH/c1-16-11-8-17-7-6-13(11)10-4-2-9(3-5-10)12(14)15;/h2-5,11H,6-8H2,1H3,(H,14,15);1H. The number of hydrogen-bond donors (Lipinski definition) is 1. The molecule has 0 aromatic heterocycles. The average molecular weight is 274 g/mol. The number of aromatic carboxylic acids is 1. The molecule has 1 atom stereocenters. The number of benzene rings is 1. The van der Waals surface area contributed by atoms with Crippen LogP contribution in [-0.2, 0) is 9.47 Å². The third-order valence-corrected chi connectivity index (χ3v) is 2.80. The summed E-state index contributed by atoms with van der Waals surface area (Å²) in [6.07, 6.45) is -0.112. The van der Waals surface area contributed by atoms with Crippen molar-refractivity contribution in [3.63, 3.8) is 0 Å². The number of halogens is 1. The fraction of sp³-hybridized carbons (Fsp3) is 0.417. The second-order valence-electron chi connectivity index (χ2n) is 3.81. The number of nitrogens with zero attached hydrogens (tertiary/aromatic N) is 1. The van der Waals surface area contributed by atoms with Crippen LogP contribution in [0.4, 0.5) is 5.69 Å². The molecule has 0 saturated carbocycles. The molecule has 0 radical (unpaired) electrons. The fourth-order valence-electron chi connectivity index (χ4n) is 1.87. The minimum atomic E-state index is -0.915. The van der Waals surface area contributed by atoms with Crippen LogP contribution >= 0.6 is 12.4 Å². The zero-order valence-electron chi connectivity index (χ0n) is 10.0. The molecular formula is C12H16ClNO4. The minimum absolute atomic E-state index is 0. The van der Waals surface area contributed by atoms with Crippen LogP contribution in [0.3, 0.4) is 0 Å². The normalized spacial score (nSPS) is 19.2. The number of anilines is 1. The van der Waals surface area contributed by atoms with E-state index in [0.717, 1.165) is 12.2 Å². The lowest BCUT2D eigenvalue weighted by molar-refractivity contribution is -0.0187. The second kappa shape index (κ2) is 6.58. The maximum atomic E-state index is 10.8. The smallest absolute Gasteiger partial charge is 0.335 e. The lowest BCUT2D eigenvalue weighted by Gasteiger charge is -2.36. The summed E-state index contributed by atoms with van der Waals surface area (Å²) < 4.78 is 10.6. The Hall–Kier alpha value is -1.30. The van der Waals surface area contributed by atoms with Crippen molar-refractivity contribution in [3.05, 3.63) is 29.8 Å². The van der Waals surface area contributed by atoms with Gasteiger partial charge in [-0.15, -0.1) is 12.4 Å². The lowest BCUT2D eigenvalue weighted by Crippen LogP contribution is -2.46. The van der Waals surface area contributed by atoms with Crippen molar-refractivity contribution in [2.75, 3.05) is 31.8 Å². The molecule has 0 spiro atoms. The van der Waals surface area contributed by atoms with Gasteiger partial charge < -0.3 is 19.5 Å². The Morgan fingerprint density at radius 3 is 2.67 bits per heavy atom. The summed E-state index contributed by atoms with van der Waals surface area (Å²) >= 11 is 0. The van der Waals surface area contributed by atoms with Gasteiger partial charge in [0.1, 0.15) is 0 Å². The van der Waals surface area contributed by atoms with E-state index in [-0.39, 0.29) is 24.2 Å². The molecule has 6 heteroatoms. The van der Waals surface area contributed by atoms with E-state index in [2.05, 4.69) is 4.90 Å². The summed E-state index contributed by atoms with van der Waals surface area (Å²) in [6.45, 7) is 1.92. The largest absolute Gasteiger partial charge is 0.478 e. The summed E-state index contributed by atoms with van der Waals surface area (Å²) in [5.74, 6) is -0.915. The van der Waals surface area contributed by atoms with Gasteiger partial charge in [-0.2, -0.15) is 0 Å². The van der Waals surface area contributed by atoms with Crippen LogP contribution in [0, 0.1) is 0 Å². The SMILES string of the molecule is COC1COCCN1c1ccc(C(=O)O)cc1.Cl. The minimum Gasteiger partial charge on any atom is -0.478 e. The van der Waals surface area contributed by atoms with Crippen molar-refractivity contribution in [2.45, 2.75) is 6.23 Å². The van der Waals surface area contributed by atoms with E-state index in [1.807, 2.05) is 0 Å². The van der Waals surface area contributed by atoms with Crippen LogP contribution in [0.15, 0.2) is 24.3 Å². The lowest BCUT2D eigenvalue weighted by atomic mass is 10.2. The van der Waals surface area contributed by atoms with Gasteiger partial charge in [0.15, 0.2) is 6.23 Å². The molecule has 1 saturated heterocycles. The number of carboxylic acid groups (broad SMARTS) is 1. The quantitative estimate of drug-likeness (QED) is 0.907. The molecule has 1 aromatic rings. The number of ether oxygens (including phenoxy) is 2. The second-order valence-corrected chi connectivity index (χ2v) is 3.81. The topological polar surface area (TPSA) is 59.0 Å². The number of methoxy groups -OCH3 is 1. The Balaban J connectivity index is 0.00000162. The molecule has 1 unspecified atom stereocenters. The van der Waals surface area contributed by atoms with Gasteiger partial charge in [0.2, 0.25) is 0 Å². The van der Waals surface area contributed by atoms with Crippen molar-refractivity contribution in [3.8, 4) is 0 Å². The molecule has 1 N–H and O–H groups in total. The molecule has 1 fully saturated rings. The highest BCUT2D eigenvalue weighted by Crippen LogP contribution is 2.20.